The highest BCUT2D eigenvalue weighted by Crippen LogP contribution is 2.53. The highest BCUT2D eigenvalue weighted by molar-refractivity contribution is 5.95. The van der Waals surface area contributed by atoms with Crippen LogP contribution in [0, 0.1) is 29.6 Å². The average molecular weight is 587 g/mol. The molecule has 1 saturated heterocycles. The first-order valence-corrected chi connectivity index (χ1v) is 15.5. The monoisotopic (exact) mass is 586 g/mol. The van der Waals surface area contributed by atoms with Gasteiger partial charge < -0.3 is 30.7 Å². The second-order valence-corrected chi connectivity index (χ2v) is 12.8. The maximum Gasteiger partial charge on any atom is 0.274 e. The number of hydrogen-bond acceptors (Lipinski definition) is 9. The number of carbonyl (C=O) groups is 3. The summed E-state index contributed by atoms with van der Waals surface area (Å²) in [5, 5.41) is 35.1. The predicted molar refractivity (Wildman–Crippen MR) is 156 cm³/mol. The number of carbonyl (C=O) groups excluding carboxylic acids is 3. The highest BCUT2D eigenvalue weighted by atomic mass is 16.3. The van der Waals surface area contributed by atoms with E-state index in [-0.39, 0.29) is 42.9 Å². The summed E-state index contributed by atoms with van der Waals surface area (Å²) in [4.78, 5) is 51.9. The fourth-order valence-corrected chi connectivity index (χ4v) is 7.89. The van der Waals surface area contributed by atoms with Crippen molar-refractivity contribution in [1.29, 1.82) is 0 Å². The van der Waals surface area contributed by atoms with Crippen LogP contribution in [-0.2, 0) is 20.9 Å². The van der Waals surface area contributed by atoms with E-state index in [1.807, 2.05) is 0 Å². The van der Waals surface area contributed by atoms with Crippen LogP contribution < -0.4 is 32.1 Å². The number of ketones is 1. The molecule has 1 aromatic heterocycles. The molecule has 232 valence electrons. The molecule has 1 aliphatic heterocycles. The van der Waals surface area contributed by atoms with E-state index < -0.39 is 35.7 Å². The SMILES string of the molecule is CNC(O)C(=O)CC[C@H](NC(O)[C@@H]1CCCNC1)C(=O)Nc1cccn(CC(=O)NC2C3CC4CC(C3)CC2C4)c1=O. The van der Waals surface area contributed by atoms with Gasteiger partial charge in [0.05, 0.1) is 6.04 Å². The number of amides is 2. The normalized spacial score (nSPS) is 30.4. The number of anilines is 1. The van der Waals surface area contributed by atoms with E-state index in [4.69, 9.17) is 0 Å². The standard InChI is InChI=1S/C30H46N6O6/c1-31-29(41)24(37)7-6-22(33-27(39)19-4-2-8-32-15-19)28(40)34-23-5-3-9-36(30(23)42)16-25(38)35-26-20-11-17-10-18(13-20)14-21(26)12-17/h3,5,9,17-22,26-27,29,31-33,39,41H,2,4,6-8,10-16H2,1H3,(H,34,40)(H,35,38)/t17?,18?,19-,20?,21?,22+,26?,27?,29?/m1/s1. The number of likely N-dealkylation sites (N-methyl/N-ethyl adjacent to an activating group) is 1. The zero-order valence-electron chi connectivity index (χ0n) is 24.4. The second-order valence-electron chi connectivity index (χ2n) is 12.8. The summed E-state index contributed by atoms with van der Waals surface area (Å²) in [5.41, 5.74) is -0.504. The maximum atomic E-state index is 13.4. The Morgan fingerprint density at radius 3 is 2.45 bits per heavy atom. The quantitative estimate of drug-likeness (QED) is 0.156. The molecule has 42 heavy (non-hydrogen) atoms. The van der Waals surface area contributed by atoms with Gasteiger partial charge in [-0.05, 0) is 101 Å². The van der Waals surface area contributed by atoms with Crippen LogP contribution in [-0.4, -0.2) is 77.1 Å². The van der Waals surface area contributed by atoms with Gasteiger partial charge >= 0.3 is 0 Å². The van der Waals surface area contributed by atoms with E-state index in [0.29, 0.717) is 18.4 Å². The van der Waals surface area contributed by atoms with Crippen molar-refractivity contribution in [1.82, 2.24) is 25.8 Å². The van der Waals surface area contributed by atoms with E-state index in [2.05, 4.69) is 26.6 Å². The molecule has 5 fully saturated rings. The molecular weight excluding hydrogens is 540 g/mol. The summed E-state index contributed by atoms with van der Waals surface area (Å²) in [7, 11) is 1.45. The van der Waals surface area contributed by atoms with Crippen molar-refractivity contribution in [2.45, 2.75) is 88.9 Å². The molecule has 2 heterocycles. The van der Waals surface area contributed by atoms with Gasteiger partial charge in [-0.1, -0.05) is 0 Å². The molecule has 12 heteroatoms. The lowest BCUT2D eigenvalue weighted by atomic mass is 9.54. The number of aliphatic hydroxyl groups excluding tert-OH is 2. The first-order chi connectivity index (χ1) is 20.2. The number of nitrogens with one attached hydrogen (secondary N) is 5. The van der Waals surface area contributed by atoms with Crippen LogP contribution in [0.4, 0.5) is 5.69 Å². The fourth-order valence-electron chi connectivity index (χ4n) is 7.89. The Morgan fingerprint density at radius 2 is 1.81 bits per heavy atom. The van der Waals surface area contributed by atoms with Crippen LogP contribution in [0.2, 0.25) is 0 Å². The summed E-state index contributed by atoms with van der Waals surface area (Å²) in [5.74, 6) is 1.26. The van der Waals surface area contributed by atoms with Crippen LogP contribution in [0.25, 0.3) is 0 Å². The third-order valence-electron chi connectivity index (χ3n) is 9.87. The Balaban J connectivity index is 1.22. The molecule has 7 N–H and O–H groups in total. The number of hydrogen-bond donors (Lipinski definition) is 7. The van der Waals surface area contributed by atoms with Gasteiger partial charge in [-0.2, -0.15) is 0 Å². The number of aliphatic hydroxyl groups is 2. The van der Waals surface area contributed by atoms with E-state index in [0.717, 1.165) is 31.2 Å². The van der Waals surface area contributed by atoms with Crippen molar-refractivity contribution in [2.24, 2.45) is 29.6 Å². The average Bonchev–Trinajstić information content (AvgIpc) is 2.98. The lowest BCUT2D eigenvalue weighted by Crippen LogP contribution is -2.56. The van der Waals surface area contributed by atoms with Gasteiger partial charge in [0.15, 0.2) is 12.0 Å². The van der Waals surface area contributed by atoms with E-state index in [1.165, 1.54) is 56.0 Å². The molecule has 4 bridgehead atoms. The molecule has 4 atom stereocenters. The van der Waals surface area contributed by atoms with Crippen molar-refractivity contribution >= 4 is 23.3 Å². The molecule has 0 radical (unpaired) electrons. The summed E-state index contributed by atoms with van der Waals surface area (Å²) in [6.07, 6.45) is 6.80. The van der Waals surface area contributed by atoms with Crippen molar-refractivity contribution in [3.63, 3.8) is 0 Å². The third-order valence-corrected chi connectivity index (χ3v) is 9.87. The van der Waals surface area contributed by atoms with Gasteiger partial charge in [0.1, 0.15) is 18.5 Å². The Hall–Kier alpha value is -2.64. The van der Waals surface area contributed by atoms with Crippen molar-refractivity contribution in [3.8, 4) is 0 Å². The highest BCUT2D eigenvalue weighted by Gasteiger charge is 2.48. The Bertz CT molecular complexity index is 1160. The minimum absolute atomic E-state index is 0.00660. The van der Waals surface area contributed by atoms with Gasteiger partial charge in [0.25, 0.3) is 5.56 Å². The van der Waals surface area contributed by atoms with Gasteiger partial charge in [-0.25, -0.2) is 0 Å². The number of piperidine rings is 1. The second kappa shape index (κ2) is 13.8. The first-order valence-electron chi connectivity index (χ1n) is 15.5. The molecule has 0 aromatic carbocycles. The van der Waals surface area contributed by atoms with Gasteiger partial charge in [-0.15, -0.1) is 0 Å². The molecule has 1 aromatic rings. The molecular formula is C30H46N6O6. The molecule has 2 unspecified atom stereocenters. The number of aromatic nitrogens is 1. The topological polar surface area (TPSA) is 174 Å². The lowest BCUT2D eigenvalue weighted by molar-refractivity contribution is -0.129. The Morgan fingerprint density at radius 1 is 1.10 bits per heavy atom. The largest absolute Gasteiger partial charge is 0.378 e. The molecule has 5 aliphatic rings. The predicted octanol–water partition coefficient (Wildman–Crippen LogP) is -0.109. The molecule has 4 aliphatic carbocycles. The fraction of sp³-hybridized carbons (Fsp3) is 0.733. The van der Waals surface area contributed by atoms with Crippen LogP contribution in [0.5, 0.6) is 0 Å². The molecule has 0 spiro atoms. The van der Waals surface area contributed by atoms with Crippen molar-refractivity contribution in [3.05, 3.63) is 28.7 Å². The van der Waals surface area contributed by atoms with Gasteiger partial charge in [0, 0.05) is 31.1 Å². The lowest BCUT2D eigenvalue weighted by Gasteiger charge is -2.54. The maximum absolute atomic E-state index is 13.4. The number of rotatable bonds is 13. The minimum Gasteiger partial charge on any atom is -0.378 e. The van der Waals surface area contributed by atoms with Crippen molar-refractivity contribution in [2.75, 3.05) is 25.5 Å². The zero-order chi connectivity index (χ0) is 29.8. The third kappa shape index (κ3) is 7.28. The molecule has 6 rings (SSSR count). The first kappa shape index (κ1) is 30.8. The van der Waals surface area contributed by atoms with Crippen LogP contribution in [0.1, 0.15) is 57.8 Å². The smallest absolute Gasteiger partial charge is 0.274 e. The summed E-state index contributed by atoms with van der Waals surface area (Å²) in [6.45, 7) is 1.32. The molecule has 2 amide bonds. The summed E-state index contributed by atoms with van der Waals surface area (Å²) < 4.78 is 1.29. The number of Topliss-reactive ketones (excluding diaryl/α,β-unsaturated/α-hetero) is 1. The van der Waals surface area contributed by atoms with E-state index in [1.54, 1.807) is 6.07 Å². The van der Waals surface area contributed by atoms with Crippen LogP contribution in [0.3, 0.4) is 0 Å². The Kier molecular flexibility index (Phi) is 10.1. The summed E-state index contributed by atoms with van der Waals surface area (Å²) in [6, 6.07) is 2.25. The van der Waals surface area contributed by atoms with Gasteiger partial charge in [-0.3, -0.25) is 29.8 Å². The summed E-state index contributed by atoms with van der Waals surface area (Å²) >= 11 is 0. The number of pyridine rings is 1. The zero-order valence-corrected chi connectivity index (χ0v) is 24.4. The van der Waals surface area contributed by atoms with Crippen molar-refractivity contribution < 1.29 is 24.6 Å². The number of nitrogens with zero attached hydrogens (tertiary/aromatic N) is 1. The van der Waals surface area contributed by atoms with E-state index >= 15 is 0 Å². The Labute approximate surface area is 246 Å². The molecule has 4 saturated carbocycles. The van der Waals surface area contributed by atoms with Gasteiger partial charge in [0.2, 0.25) is 11.8 Å². The van der Waals surface area contributed by atoms with Crippen LogP contribution in [0.15, 0.2) is 23.1 Å². The van der Waals surface area contributed by atoms with E-state index in [9.17, 15) is 29.4 Å². The minimum atomic E-state index is -1.35. The van der Waals surface area contributed by atoms with Crippen LogP contribution >= 0.6 is 0 Å². The molecule has 12 nitrogen and oxygen atoms in total.